The normalized spacial score (nSPS) is 23.1. The molecule has 2 fully saturated rings. The van der Waals surface area contributed by atoms with Crippen LogP contribution in [0.25, 0.3) is 0 Å². The highest BCUT2D eigenvalue weighted by Crippen LogP contribution is 2.42. The van der Waals surface area contributed by atoms with Crippen molar-refractivity contribution < 1.29 is 19.3 Å². The van der Waals surface area contributed by atoms with Crippen LogP contribution in [-0.4, -0.2) is 64.6 Å². The molecule has 8 nitrogen and oxygen atoms in total. The van der Waals surface area contributed by atoms with Crippen LogP contribution in [0.4, 0.5) is 9.59 Å². The lowest BCUT2D eigenvalue weighted by molar-refractivity contribution is 0.135. The van der Waals surface area contributed by atoms with E-state index in [9.17, 15) is 9.59 Å². The summed E-state index contributed by atoms with van der Waals surface area (Å²) in [5, 5.41) is 11.3. The highest BCUT2D eigenvalue weighted by molar-refractivity contribution is 8.75. The van der Waals surface area contributed by atoms with Crippen LogP contribution in [0.5, 0.6) is 0 Å². The first kappa shape index (κ1) is 24.3. The predicted octanol–water partition coefficient (Wildman–Crippen LogP) is 5.39. The van der Waals surface area contributed by atoms with Crippen molar-refractivity contribution in [2.45, 2.75) is 37.2 Å². The average Bonchev–Trinajstić information content (AvgIpc) is 3.14. The Labute approximate surface area is 190 Å². The molecule has 2 aliphatic rings. The highest BCUT2D eigenvalue weighted by atomic mass is 33.1. The van der Waals surface area contributed by atoms with Crippen LogP contribution in [0.15, 0.2) is 10.3 Å². The van der Waals surface area contributed by atoms with E-state index in [0.717, 1.165) is 42.2 Å². The third kappa shape index (κ3) is 6.76. The van der Waals surface area contributed by atoms with Crippen molar-refractivity contribution in [3.05, 3.63) is 0 Å². The number of carbonyl (C=O) groups excluding carboxylic acids is 2. The summed E-state index contributed by atoms with van der Waals surface area (Å²) < 4.78 is 2.19. The maximum Gasteiger partial charge on any atom is 0.446 e. The van der Waals surface area contributed by atoms with Crippen molar-refractivity contribution in [1.82, 2.24) is 8.61 Å². The maximum absolute atomic E-state index is 12.0. The largest absolute Gasteiger partial charge is 0.446 e. The highest BCUT2D eigenvalue weighted by Gasteiger charge is 2.34. The molecule has 2 aliphatic heterocycles. The summed E-state index contributed by atoms with van der Waals surface area (Å²) in [6, 6.07) is 0. The first-order valence-corrected chi connectivity index (χ1v) is 14.0. The summed E-state index contributed by atoms with van der Waals surface area (Å²) in [6.45, 7) is 8.14. The van der Waals surface area contributed by atoms with E-state index < -0.39 is 12.2 Å². The molecule has 0 aromatic carbocycles. The Balaban J connectivity index is 1.76. The standard InChI is InChI=1S/C14H22N4O4S6/c1-13(2)9(23-7-25-13)15-21-11(19)17(5)27-28-18(6)12(20)22-16-10-14(3,4)26-8-24-10/h7-8H2,1-6H3. The van der Waals surface area contributed by atoms with Gasteiger partial charge in [-0.25, -0.2) is 18.2 Å². The molecule has 2 amide bonds. The third-order valence-corrected chi connectivity index (χ3v) is 11.5. The van der Waals surface area contributed by atoms with E-state index in [2.05, 4.69) is 10.3 Å². The van der Waals surface area contributed by atoms with Gasteiger partial charge in [-0.2, -0.15) is 0 Å². The van der Waals surface area contributed by atoms with Crippen molar-refractivity contribution in [2.75, 3.05) is 24.3 Å². The Morgan fingerprint density at radius 1 is 0.857 bits per heavy atom. The van der Waals surface area contributed by atoms with Crippen LogP contribution < -0.4 is 0 Å². The number of thioether (sulfide) groups is 4. The molecular weight excluding hydrogens is 481 g/mol. The van der Waals surface area contributed by atoms with Gasteiger partial charge in [0, 0.05) is 46.2 Å². The first-order chi connectivity index (χ1) is 13.0. The number of carbonyl (C=O) groups is 2. The van der Waals surface area contributed by atoms with Gasteiger partial charge in [0.2, 0.25) is 0 Å². The molecule has 0 aliphatic carbocycles. The van der Waals surface area contributed by atoms with Gasteiger partial charge in [-0.1, -0.05) is 33.8 Å². The molecule has 0 saturated carbocycles. The van der Waals surface area contributed by atoms with Crippen LogP contribution in [0, 0.1) is 0 Å². The number of hydrogen-bond acceptors (Lipinski definition) is 12. The van der Waals surface area contributed by atoms with Crippen LogP contribution in [0.1, 0.15) is 27.7 Å². The maximum atomic E-state index is 12.0. The number of oxime groups is 2. The summed E-state index contributed by atoms with van der Waals surface area (Å²) in [7, 11) is 5.12. The second-order valence-electron chi connectivity index (χ2n) is 6.48. The molecule has 2 saturated heterocycles. The van der Waals surface area contributed by atoms with Crippen molar-refractivity contribution in [3.63, 3.8) is 0 Å². The zero-order chi connectivity index (χ0) is 20.9. The number of rotatable bonds is 5. The summed E-state index contributed by atoms with van der Waals surface area (Å²) in [5.41, 5.74) is 0. The average molecular weight is 503 g/mol. The van der Waals surface area contributed by atoms with Crippen LogP contribution in [-0.2, 0) is 9.68 Å². The number of amides is 2. The lowest BCUT2D eigenvalue weighted by atomic mass is 10.2. The van der Waals surface area contributed by atoms with Crippen molar-refractivity contribution >= 4 is 91.3 Å². The second kappa shape index (κ2) is 10.3. The fraction of sp³-hybridized carbons (Fsp3) is 0.714. The SMILES string of the molecule is CN(SSN(C)C(=O)ON=C1SCSC1(C)C)C(=O)ON=C1SCSC1(C)C. The molecule has 0 spiro atoms. The van der Waals surface area contributed by atoms with Crippen molar-refractivity contribution in [3.8, 4) is 0 Å². The molecule has 2 heterocycles. The quantitative estimate of drug-likeness (QED) is 0.211. The molecule has 0 atom stereocenters. The minimum absolute atomic E-state index is 0.151. The van der Waals surface area contributed by atoms with E-state index in [1.807, 2.05) is 27.7 Å². The van der Waals surface area contributed by atoms with Crippen molar-refractivity contribution in [2.24, 2.45) is 10.3 Å². The molecular formula is C14H22N4O4S6. The van der Waals surface area contributed by atoms with Crippen LogP contribution in [0.3, 0.4) is 0 Å². The molecule has 0 aromatic rings. The Kier molecular flexibility index (Phi) is 8.95. The molecule has 28 heavy (non-hydrogen) atoms. The molecule has 14 heteroatoms. The first-order valence-electron chi connectivity index (χ1n) is 7.97. The summed E-state index contributed by atoms with van der Waals surface area (Å²) in [5.74, 6) is 0. The van der Waals surface area contributed by atoms with Gasteiger partial charge in [-0.15, -0.1) is 23.5 Å². The van der Waals surface area contributed by atoms with E-state index in [-0.39, 0.29) is 9.49 Å². The Hall–Kier alpha value is -0.0200. The predicted molar refractivity (Wildman–Crippen MR) is 127 cm³/mol. The van der Waals surface area contributed by atoms with Gasteiger partial charge in [-0.3, -0.25) is 9.68 Å². The van der Waals surface area contributed by atoms with Crippen LogP contribution >= 0.6 is 69.0 Å². The summed E-state index contributed by atoms with van der Waals surface area (Å²) in [6.07, 6.45) is -1.25. The Morgan fingerprint density at radius 2 is 1.21 bits per heavy atom. The molecule has 2 rings (SSSR count). The van der Waals surface area contributed by atoms with Gasteiger partial charge in [-0.05, 0) is 27.7 Å². The lowest BCUT2D eigenvalue weighted by Gasteiger charge is -2.18. The number of hydrogen-bond donors (Lipinski definition) is 0. The summed E-state index contributed by atoms with van der Waals surface area (Å²) >= 11 is 6.61. The molecule has 0 radical (unpaired) electrons. The zero-order valence-corrected chi connectivity index (χ0v) is 21.2. The van der Waals surface area contributed by atoms with Gasteiger partial charge in [0.15, 0.2) is 0 Å². The Bertz CT molecular complexity index is 616. The zero-order valence-electron chi connectivity index (χ0n) is 16.3. The van der Waals surface area contributed by atoms with Crippen molar-refractivity contribution in [1.29, 1.82) is 0 Å². The van der Waals surface area contributed by atoms with Gasteiger partial charge in [0.05, 0.1) is 9.49 Å². The van der Waals surface area contributed by atoms with Crippen LogP contribution in [0.2, 0.25) is 0 Å². The van der Waals surface area contributed by atoms with Gasteiger partial charge >= 0.3 is 12.2 Å². The lowest BCUT2D eigenvalue weighted by Crippen LogP contribution is -2.25. The van der Waals surface area contributed by atoms with E-state index >= 15 is 0 Å². The van der Waals surface area contributed by atoms with Gasteiger partial charge in [0.25, 0.3) is 0 Å². The number of nitrogens with zero attached hydrogens (tertiary/aromatic N) is 4. The minimum Gasteiger partial charge on any atom is -0.296 e. The van der Waals surface area contributed by atoms with E-state index in [4.69, 9.17) is 9.68 Å². The monoisotopic (exact) mass is 502 g/mol. The fourth-order valence-corrected chi connectivity index (χ4v) is 8.62. The van der Waals surface area contributed by atoms with E-state index in [1.54, 1.807) is 47.0 Å². The minimum atomic E-state index is -0.624. The topological polar surface area (TPSA) is 83.8 Å². The molecule has 158 valence electrons. The Morgan fingerprint density at radius 3 is 1.50 bits per heavy atom. The molecule has 0 aromatic heterocycles. The molecule has 0 unspecified atom stereocenters. The molecule has 0 N–H and O–H groups in total. The van der Waals surface area contributed by atoms with E-state index in [0.29, 0.717) is 0 Å². The fourth-order valence-electron chi connectivity index (χ4n) is 1.65. The van der Waals surface area contributed by atoms with Gasteiger partial charge in [0.1, 0.15) is 10.1 Å². The van der Waals surface area contributed by atoms with Gasteiger partial charge < -0.3 is 0 Å². The smallest absolute Gasteiger partial charge is 0.296 e. The summed E-state index contributed by atoms with van der Waals surface area (Å²) in [4.78, 5) is 34.1. The molecule has 0 bridgehead atoms. The second-order valence-corrected chi connectivity index (χ2v) is 14.6. The third-order valence-electron chi connectivity index (χ3n) is 3.45. The van der Waals surface area contributed by atoms with E-state index in [1.165, 1.54) is 22.7 Å².